The summed E-state index contributed by atoms with van der Waals surface area (Å²) < 4.78 is 19.5. The molecular weight excluding hydrogens is 325 g/mol. The number of hydroxylamine groups is 1. The molecule has 2 aromatic rings. The monoisotopic (exact) mass is 349 g/mol. The van der Waals surface area contributed by atoms with Crippen LogP contribution in [0.3, 0.4) is 0 Å². The number of halogens is 1. The van der Waals surface area contributed by atoms with Crippen LogP contribution >= 0.6 is 0 Å². The molecule has 1 amide bonds. The summed E-state index contributed by atoms with van der Waals surface area (Å²) in [6.07, 6.45) is 0.292. The molecule has 0 radical (unpaired) electrons. The van der Waals surface area contributed by atoms with Crippen molar-refractivity contribution in [2.75, 3.05) is 10.8 Å². The number of anilines is 2. The van der Waals surface area contributed by atoms with Crippen LogP contribution in [0.4, 0.5) is 20.7 Å². The number of nitrogen functional groups attached to an aromatic ring is 1. The normalized spacial score (nSPS) is 12.3. The van der Waals surface area contributed by atoms with Crippen LogP contribution in [0.5, 0.6) is 0 Å². The maximum absolute atomic E-state index is 14.1. The molecule has 6 nitrogen and oxygen atoms in total. The number of fused-ring (bicyclic) bond motifs is 1. The third-order valence-corrected chi connectivity index (χ3v) is 2.96. The Balaban J connectivity index is 2.59. The fraction of sp³-hybridized carbons (Fsp3) is 0.444. The van der Waals surface area contributed by atoms with E-state index < -0.39 is 23.1 Å². The molecule has 0 saturated carbocycles. The van der Waals surface area contributed by atoms with E-state index in [2.05, 4.69) is 4.98 Å². The quantitative estimate of drug-likeness (QED) is 0.641. The van der Waals surface area contributed by atoms with Gasteiger partial charge in [0.2, 0.25) is 0 Å². The number of hydrogen-bond donors (Lipinski definition) is 1. The molecule has 0 bridgehead atoms. The van der Waals surface area contributed by atoms with E-state index in [0.717, 1.165) is 11.3 Å². The van der Waals surface area contributed by atoms with E-state index in [1.54, 1.807) is 53.7 Å². The van der Waals surface area contributed by atoms with Gasteiger partial charge < -0.3 is 10.5 Å². The van der Waals surface area contributed by atoms with E-state index in [-0.39, 0.29) is 11.2 Å². The molecule has 7 heteroatoms. The minimum atomic E-state index is -0.736. The van der Waals surface area contributed by atoms with Crippen LogP contribution in [0.2, 0.25) is 0 Å². The second kappa shape index (κ2) is 6.48. The van der Waals surface area contributed by atoms with Gasteiger partial charge in [-0.2, -0.15) is 0 Å². The van der Waals surface area contributed by atoms with Crippen molar-refractivity contribution >= 4 is 28.4 Å². The van der Waals surface area contributed by atoms with Gasteiger partial charge >= 0.3 is 6.09 Å². The molecule has 2 rings (SSSR count). The van der Waals surface area contributed by atoms with Gasteiger partial charge in [-0.15, -0.1) is 5.06 Å². The van der Waals surface area contributed by atoms with Crippen molar-refractivity contribution in [2.45, 2.75) is 52.7 Å². The predicted molar refractivity (Wildman–Crippen MR) is 95.7 cm³/mol. The Morgan fingerprint density at radius 3 is 2.32 bits per heavy atom. The highest BCUT2D eigenvalue weighted by Gasteiger charge is 2.31. The van der Waals surface area contributed by atoms with Crippen molar-refractivity contribution in [3.63, 3.8) is 0 Å². The highest BCUT2D eigenvalue weighted by molar-refractivity contribution is 5.99. The topological polar surface area (TPSA) is 77.7 Å². The summed E-state index contributed by atoms with van der Waals surface area (Å²) >= 11 is 0. The van der Waals surface area contributed by atoms with E-state index in [1.807, 2.05) is 0 Å². The summed E-state index contributed by atoms with van der Waals surface area (Å²) in [6, 6.07) is 4.69. The molecule has 0 aliphatic carbocycles. The number of ether oxygens (including phenoxy) is 1. The molecule has 136 valence electrons. The molecule has 0 fully saturated rings. The molecule has 2 N–H and O–H groups in total. The SMILES string of the molecule is CC(C)(C)OC(=O)N(OC(C)(C)C)c1ncc(F)c2cc(N)ccc12. The molecule has 0 saturated heterocycles. The first kappa shape index (κ1) is 18.9. The fourth-order valence-corrected chi connectivity index (χ4v) is 2.12. The van der Waals surface area contributed by atoms with Crippen molar-refractivity contribution in [1.29, 1.82) is 0 Å². The number of pyridine rings is 1. The van der Waals surface area contributed by atoms with Crippen molar-refractivity contribution < 1.29 is 18.8 Å². The number of nitrogens with two attached hydrogens (primary N) is 1. The third kappa shape index (κ3) is 4.79. The molecule has 0 unspecified atom stereocenters. The highest BCUT2D eigenvalue weighted by Crippen LogP contribution is 2.31. The van der Waals surface area contributed by atoms with Crippen LogP contribution in [0.25, 0.3) is 10.8 Å². The minimum absolute atomic E-state index is 0.139. The maximum Gasteiger partial charge on any atom is 0.440 e. The lowest BCUT2D eigenvalue weighted by Crippen LogP contribution is -2.42. The number of aromatic nitrogens is 1. The standard InChI is InChI=1S/C18H24FN3O3/c1-17(2,3)24-16(23)22(25-18(4,5)6)15-12-8-7-11(20)9-13(12)14(19)10-21-15/h7-10H,20H2,1-6H3. The number of hydrogen-bond acceptors (Lipinski definition) is 5. The van der Waals surface area contributed by atoms with Crippen LogP contribution in [-0.4, -0.2) is 22.3 Å². The van der Waals surface area contributed by atoms with Crippen molar-refractivity contribution in [3.8, 4) is 0 Å². The average molecular weight is 349 g/mol. The molecule has 0 spiro atoms. The largest absolute Gasteiger partial charge is 0.442 e. The van der Waals surface area contributed by atoms with Gasteiger partial charge in [0.05, 0.1) is 11.8 Å². The molecular formula is C18H24FN3O3. The van der Waals surface area contributed by atoms with Crippen LogP contribution in [-0.2, 0) is 9.57 Å². The van der Waals surface area contributed by atoms with E-state index in [4.69, 9.17) is 15.3 Å². The van der Waals surface area contributed by atoms with Gasteiger partial charge in [0.1, 0.15) is 11.4 Å². The van der Waals surface area contributed by atoms with Crippen LogP contribution in [0, 0.1) is 5.82 Å². The number of carbonyl (C=O) groups is 1. The second-order valence-corrected chi connectivity index (χ2v) is 7.71. The van der Waals surface area contributed by atoms with Crippen molar-refractivity contribution in [2.24, 2.45) is 0 Å². The molecule has 1 aromatic carbocycles. The number of nitrogens with zero attached hydrogens (tertiary/aromatic N) is 2. The average Bonchev–Trinajstić information content (AvgIpc) is 2.43. The summed E-state index contributed by atoms with van der Waals surface area (Å²) in [6.45, 7) is 10.6. The third-order valence-electron chi connectivity index (χ3n) is 2.96. The number of amides is 1. The van der Waals surface area contributed by atoms with Gasteiger partial charge in [-0.1, -0.05) is 0 Å². The smallest absolute Gasteiger partial charge is 0.440 e. The minimum Gasteiger partial charge on any atom is -0.442 e. The van der Waals surface area contributed by atoms with Crippen molar-refractivity contribution in [1.82, 2.24) is 4.98 Å². The second-order valence-electron chi connectivity index (χ2n) is 7.71. The Labute approximate surface area is 146 Å². The highest BCUT2D eigenvalue weighted by atomic mass is 19.1. The first-order valence-corrected chi connectivity index (χ1v) is 7.93. The fourth-order valence-electron chi connectivity index (χ4n) is 2.12. The first-order chi connectivity index (χ1) is 11.4. The summed E-state index contributed by atoms with van der Waals surface area (Å²) in [5, 5.41) is 1.60. The number of rotatable bonds is 2. The Morgan fingerprint density at radius 1 is 1.12 bits per heavy atom. The molecule has 25 heavy (non-hydrogen) atoms. The lowest BCUT2D eigenvalue weighted by Gasteiger charge is -2.31. The molecule has 0 aliphatic rings. The van der Waals surface area contributed by atoms with Gasteiger partial charge in [-0.05, 0) is 59.7 Å². The van der Waals surface area contributed by atoms with E-state index in [0.29, 0.717) is 11.1 Å². The first-order valence-electron chi connectivity index (χ1n) is 7.93. The van der Waals surface area contributed by atoms with Crippen LogP contribution < -0.4 is 10.8 Å². The molecule has 0 atom stereocenters. The summed E-state index contributed by atoms with van der Waals surface area (Å²) in [5.41, 5.74) is 4.72. The Hall–Kier alpha value is -2.41. The Morgan fingerprint density at radius 2 is 1.76 bits per heavy atom. The van der Waals surface area contributed by atoms with Crippen LogP contribution in [0.1, 0.15) is 41.5 Å². The summed E-state index contributed by atoms with van der Waals surface area (Å²) in [7, 11) is 0. The molecule has 1 heterocycles. The Bertz CT molecular complexity index is 794. The maximum atomic E-state index is 14.1. The lowest BCUT2D eigenvalue weighted by molar-refractivity contribution is -0.0360. The molecule has 0 aliphatic heterocycles. The lowest BCUT2D eigenvalue weighted by atomic mass is 10.1. The van der Waals surface area contributed by atoms with Gasteiger partial charge in [0, 0.05) is 16.5 Å². The summed E-state index contributed by atoms with van der Waals surface area (Å²) in [5.74, 6) is -0.397. The van der Waals surface area contributed by atoms with E-state index in [9.17, 15) is 9.18 Å². The van der Waals surface area contributed by atoms with Gasteiger partial charge in [0.15, 0.2) is 5.82 Å². The van der Waals surface area contributed by atoms with Crippen LogP contribution in [0.15, 0.2) is 24.4 Å². The Kier molecular flexibility index (Phi) is 4.90. The zero-order chi connectivity index (χ0) is 19.0. The van der Waals surface area contributed by atoms with Gasteiger partial charge in [-0.25, -0.2) is 14.2 Å². The van der Waals surface area contributed by atoms with Gasteiger partial charge in [0.25, 0.3) is 0 Å². The van der Waals surface area contributed by atoms with E-state index >= 15 is 0 Å². The van der Waals surface area contributed by atoms with Crippen molar-refractivity contribution in [3.05, 3.63) is 30.2 Å². The van der Waals surface area contributed by atoms with Gasteiger partial charge in [-0.3, -0.25) is 4.84 Å². The predicted octanol–water partition coefficient (Wildman–Crippen LogP) is 4.43. The number of benzene rings is 1. The zero-order valence-corrected chi connectivity index (χ0v) is 15.4. The zero-order valence-electron chi connectivity index (χ0n) is 15.4. The molecule has 1 aromatic heterocycles. The van der Waals surface area contributed by atoms with E-state index in [1.165, 1.54) is 6.07 Å². The number of carbonyl (C=O) groups excluding carboxylic acids is 1. The summed E-state index contributed by atoms with van der Waals surface area (Å²) in [4.78, 5) is 22.5.